The number of rotatable bonds is 5. The van der Waals surface area contributed by atoms with Gasteiger partial charge < -0.3 is 9.64 Å². The van der Waals surface area contributed by atoms with Gasteiger partial charge in [0.2, 0.25) is 5.91 Å². The minimum absolute atomic E-state index is 0.209. The van der Waals surface area contributed by atoms with Crippen LogP contribution in [0.1, 0.15) is 16.5 Å². The lowest BCUT2D eigenvalue weighted by Gasteiger charge is -2.30. The van der Waals surface area contributed by atoms with Gasteiger partial charge in [0, 0.05) is 18.0 Å². The molecule has 1 aliphatic rings. The molecule has 0 saturated carbocycles. The van der Waals surface area contributed by atoms with Gasteiger partial charge in [-0.2, -0.15) is 4.72 Å². The van der Waals surface area contributed by atoms with Crippen LogP contribution in [0.4, 0.5) is 0 Å². The number of benzene rings is 1. The average Bonchev–Trinajstić information content (AvgIpc) is 3.08. The Balaban J connectivity index is 1.90. The summed E-state index contributed by atoms with van der Waals surface area (Å²) in [6.07, 6.45) is 0. The Hall–Kier alpha value is -1.74. The van der Waals surface area contributed by atoms with Crippen molar-refractivity contribution in [1.29, 1.82) is 0 Å². The third-order valence-corrected chi connectivity index (χ3v) is 6.87. The molecule has 1 aromatic carbocycles. The van der Waals surface area contributed by atoms with Crippen LogP contribution in [0.5, 0.6) is 0 Å². The van der Waals surface area contributed by atoms with Crippen molar-refractivity contribution >= 4 is 27.3 Å². The Bertz CT molecular complexity index is 827. The highest BCUT2D eigenvalue weighted by Crippen LogP contribution is 2.24. The second-order valence-electron chi connectivity index (χ2n) is 5.77. The van der Waals surface area contributed by atoms with E-state index in [-0.39, 0.29) is 10.1 Å². The molecular weight excluding hydrogens is 360 g/mol. The summed E-state index contributed by atoms with van der Waals surface area (Å²) in [5, 5.41) is 0. The average molecular weight is 380 g/mol. The van der Waals surface area contributed by atoms with Gasteiger partial charge in [-0.05, 0) is 24.6 Å². The fourth-order valence-electron chi connectivity index (χ4n) is 2.64. The lowest BCUT2D eigenvalue weighted by Crippen LogP contribution is -2.47. The molecular formula is C17H20N2O4S2. The van der Waals surface area contributed by atoms with E-state index in [0.717, 1.165) is 4.88 Å². The highest BCUT2D eigenvalue weighted by Gasteiger charge is 2.31. The van der Waals surface area contributed by atoms with Gasteiger partial charge in [0.15, 0.2) is 0 Å². The molecule has 25 heavy (non-hydrogen) atoms. The number of hydrogen-bond acceptors (Lipinski definition) is 5. The van der Waals surface area contributed by atoms with Crippen molar-refractivity contribution < 1.29 is 17.9 Å². The van der Waals surface area contributed by atoms with E-state index in [2.05, 4.69) is 4.72 Å². The molecule has 0 radical (unpaired) electrons. The topological polar surface area (TPSA) is 75.7 Å². The van der Waals surface area contributed by atoms with Crippen LogP contribution >= 0.6 is 11.3 Å². The molecule has 1 aromatic heterocycles. The highest BCUT2D eigenvalue weighted by atomic mass is 32.2. The summed E-state index contributed by atoms with van der Waals surface area (Å²) in [5.41, 5.74) is 0.621. The molecule has 3 rings (SSSR count). The quantitative estimate of drug-likeness (QED) is 0.860. The summed E-state index contributed by atoms with van der Waals surface area (Å²) in [5.74, 6) is -0.258. The number of hydrogen-bond donors (Lipinski definition) is 1. The zero-order valence-corrected chi connectivity index (χ0v) is 15.5. The van der Waals surface area contributed by atoms with E-state index in [1.54, 1.807) is 41.3 Å². The second kappa shape index (κ2) is 7.65. The first-order valence-electron chi connectivity index (χ1n) is 7.97. The summed E-state index contributed by atoms with van der Waals surface area (Å²) in [7, 11) is -3.78. The van der Waals surface area contributed by atoms with Crippen molar-refractivity contribution in [3.05, 3.63) is 52.9 Å². The maximum Gasteiger partial charge on any atom is 0.251 e. The Morgan fingerprint density at radius 1 is 1.16 bits per heavy atom. The minimum atomic E-state index is -3.78. The van der Waals surface area contributed by atoms with Gasteiger partial charge in [0.05, 0.1) is 13.2 Å². The summed E-state index contributed by atoms with van der Waals surface area (Å²) < 4.78 is 33.5. The van der Waals surface area contributed by atoms with Crippen LogP contribution in [0.2, 0.25) is 0 Å². The normalized spacial score (nSPS) is 16.6. The smallest absolute Gasteiger partial charge is 0.251 e. The number of nitrogens with one attached hydrogen (secondary N) is 1. The van der Waals surface area contributed by atoms with E-state index in [1.165, 1.54) is 11.3 Å². The lowest BCUT2D eigenvalue weighted by atomic mass is 10.1. The second-order valence-corrected chi connectivity index (χ2v) is 9.00. The molecule has 2 aromatic rings. The van der Waals surface area contributed by atoms with Crippen molar-refractivity contribution in [2.45, 2.75) is 17.2 Å². The Morgan fingerprint density at radius 2 is 1.84 bits per heavy atom. The Labute approximate surface area is 151 Å². The van der Waals surface area contributed by atoms with Crippen molar-refractivity contribution in [2.24, 2.45) is 0 Å². The molecule has 0 bridgehead atoms. The molecule has 1 fully saturated rings. The van der Waals surface area contributed by atoms with Crippen LogP contribution in [-0.4, -0.2) is 45.5 Å². The molecule has 134 valence electrons. The maximum atomic E-state index is 13.0. The van der Waals surface area contributed by atoms with Crippen LogP contribution < -0.4 is 4.72 Å². The molecule has 0 aliphatic carbocycles. The van der Waals surface area contributed by atoms with E-state index >= 15 is 0 Å². The van der Waals surface area contributed by atoms with Gasteiger partial charge in [0.25, 0.3) is 10.0 Å². The predicted molar refractivity (Wildman–Crippen MR) is 96.0 cm³/mol. The number of ether oxygens (including phenoxy) is 1. The molecule has 2 heterocycles. The minimum Gasteiger partial charge on any atom is -0.378 e. The van der Waals surface area contributed by atoms with E-state index < -0.39 is 16.1 Å². The first-order chi connectivity index (χ1) is 12.0. The van der Waals surface area contributed by atoms with E-state index in [9.17, 15) is 13.2 Å². The fraction of sp³-hybridized carbons (Fsp3) is 0.353. The number of thiophene rings is 1. The van der Waals surface area contributed by atoms with Crippen LogP contribution in [0.15, 0.2) is 46.7 Å². The van der Waals surface area contributed by atoms with Crippen molar-refractivity contribution in [3.8, 4) is 0 Å². The number of aryl methyl sites for hydroxylation is 1. The van der Waals surface area contributed by atoms with Crippen LogP contribution in [0.3, 0.4) is 0 Å². The third-order valence-electron chi connectivity index (χ3n) is 3.96. The largest absolute Gasteiger partial charge is 0.378 e. The lowest BCUT2D eigenvalue weighted by molar-refractivity contribution is -0.137. The third kappa shape index (κ3) is 4.27. The summed E-state index contributed by atoms with van der Waals surface area (Å²) in [6.45, 7) is 3.69. The maximum absolute atomic E-state index is 13.0. The predicted octanol–water partition coefficient (Wildman–Crippen LogP) is 1.93. The Kier molecular flexibility index (Phi) is 5.53. The van der Waals surface area contributed by atoms with Crippen molar-refractivity contribution in [2.75, 3.05) is 26.3 Å². The highest BCUT2D eigenvalue weighted by molar-refractivity contribution is 7.91. The molecule has 6 nitrogen and oxygen atoms in total. The standard InChI is InChI=1S/C17H20N2O4S2/c1-13-7-8-15(24-13)25(21,22)18-16(14-5-3-2-4-6-14)17(20)19-9-11-23-12-10-19/h2-8,16,18H,9-12H2,1H3/t16-/m0/s1. The van der Waals surface area contributed by atoms with Gasteiger partial charge in [-0.25, -0.2) is 8.42 Å². The molecule has 1 amide bonds. The number of sulfonamides is 1. The molecule has 1 aliphatic heterocycles. The first kappa shape index (κ1) is 18.1. The van der Waals surface area contributed by atoms with Crippen LogP contribution in [0, 0.1) is 6.92 Å². The number of amides is 1. The fourth-order valence-corrected chi connectivity index (χ4v) is 5.12. The van der Waals surface area contributed by atoms with Crippen molar-refractivity contribution in [3.63, 3.8) is 0 Å². The van der Waals surface area contributed by atoms with Crippen LogP contribution in [0.25, 0.3) is 0 Å². The van der Waals surface area contributed by atoms with Gasteiger partial charge in [0.1, 0.15) is 10.3 Å². The zero-order chi connectivity index (χ0) is 17.9. The van der Waals surface area contributed by atoms with Gasteiger partial charge >= 0.3 is 0 Å². The summed E-state index contributed by atoms with van der Waals surface area (Å²) >= 11 is 1.18. The first-order valence-corrected chi connectivity index (χ1v) is 10.3. The van der Waals surface area contributed by atoms with E-state index in [1.807, 2.05) is 13.0 Å². The SMILES string of the molecule is Cc1ccc(S(=O)(=O)N[C@H](C(=O)N2CCOCC2)c2ccccc2)s1. The van der Waals surface area contributed by atoms with E-state index in [4.69, 9.17) is 4.74 Å². The summed E-state index contributed by atoms with van der Waals surface area (Å²) in [6, 6.07) is 11.3. The summed E-state index contributed by atoms with van der Waals surface area (Å²) in [4.78, 5) is 15.5. The number of nitrogens with zero attached hydrogens (tertiary/aromatic N) is 1. The number of carbonyl (C=O) groups excluding carboxylic acids is 1. The van der Waals surface area contributed by atoms with Crippen molar-refractivity contribution in [1.82, 2.24) is 9.62 Å². The Morgan fingerprint density at radius 3 is 2.44 bits per heavy atom. The molecule has 8 heteroatoms. The van der Waals surface area contributed by atoms with Gasteiger partial charge in [-0.15, -0.1) is 11.3 Å². The monoisotopic (exact) mass is 380 g/mol. The molecule has 1 atom stereocenters. The molecule has 0 spiro atoms. The number of morpholine rings is 1. The van der Waals surface area contributed by atoms with E-state index in [0.29, 0.717) is 31.9 Å². The molecule has 0 unspecified atom stereocenters. The van der Waals surface area contributed by atoms with Gasteiger partial charge in [-0.3, -0.25) is 4.79 Å². The van der Waals surface area contributed by atoms with Gasteiger partial charge in [-0.1, -0.05) is 30.3 Å². The molecule has 1 N–H and O–H groups in total. The van der Waals surface area contributed by atoms with Crippen LogP contribution in [-0.2, 0) is 19.6 Å². The zero-order valence-electron chi connectivity index (χ0n) is 13.8. The molecule has 1 saturated heterocycles. The number of carbonyl (C=O) groups is 1.